The van der Waals surface area contributed by atoms with Crippen LogP contribution in [-0.4, -0.2) is 25.1 Å². The third-order valence-corrected chi connectivity index (χ3v) is 5.03. The molecule has 8 heteroatoms. The summed E-state index contributed by atoms with van der Waals surface area (Å²) in [6.45, 7) is 2.44. The van der Waals surface area contributed by atoms with E-state index in [-0.39, 0.29) is 23.0 Å². The first-order valence-corrected chi connectivity index (χ1v) is 10.0. The van der Waals surface area contributed by atoms with Crippen molar-refractivity contribution >= 4 is 11.6 Å². The average Bonchev–Trinajstić information content (AvgIpc) is 3.16. The number of aromatic nitrogens is 4. The maximum Gasteiger partial charge on any atom is 0.300 e. The van der Waals surface area contributed by atoms with Crippen molar-refractivity contribution in [1.82, 2.24) is 24.5 Å². The van der Waals surface area contributed by atoms with E-state index >= 15 is 0 Å². The number of carbonyl (C=O) groups excluding carboxylic acids is 1. The van der Waals surface area contributed by atoms with Crippen molar-refractivity contribution in [3.8, 4) is 5.69 Å². The Labute approximate surface area is 178 Å². The molecule has 0 bridgehead atoms. The predicted octanol–water partition coefficient (Wildman–Crippen LogP) is 2.90. The van der Waals surface area contributed by atoms with Gasteiger partial charge in [-0.05, 0) is 29.7 Å². The molecule has 1 amide bonds. The lowest BCUT2D eigenvalue weighted by Gasteiger charge is -2.11. The minimum atomic E-state index is -0.425. The zero-order chi connectivity index (χ0) is 21.8. The minimum absolute atomic E-state index is 0.00817. The molecule has 1 atom stereocenters. The highest BCUT2D eigenvalue weighted by Gasteiger charge is 2.16. The first kappa shape index (κ1) is 20.5. The predicted molar refractivity (Wildman–Crippen MR) is 114 cm³/mol. The van der Waals surface area contributed by atoms with Crippen LogP contribution in [0.2, 0.25) is 0 Å². The highest BCUT2D eigenvalue weighted by Crippen LogP contribution is 2.13. The van der Waals surface area contributed by atoms with Gasteiger partial charge in [-0.2, -0.15) is 0 Å². The molecule has 0 radical (unpaired) electrons. The van der Waals surface area contributed by atoms with Gasteiger partial charge in [-0.3, -0.25) is 18.6 Å². The van der Waals surface area contributed by atoms with E-state index in [1.54, 1.807) is 28.9 Å². The summed E-state index contributed by atoms with van der Waals surface area (Å²) < 4.78 is 16.5. The molecule has 4 rings (SSSR count). The monoisotopic (exact) mass is 419 g/mol. The Balaban J connectivity index is 1.44. The molecule has 0 aliphatic carbocycles. The van der Waals surface area contributed by atoms with E-state index in [4.69, 9.17) is 0 Å². The molecule has 2 aromatic heterocycles. The largest absolute Gasteiger partial charge is 0.352 e. The van der Waals surface area contributed by atoms with Gasteiger partial charge in [-0.15, -0.1) is 10.2 Å². The smallest absolute Gasteiger partial charge is 0.300 e. The Morgan fingerprint density at radius 1 is 1.10 bits per heavy atom. The quantitative estimate of drug-likeness (QED) is 0.499. The van der Waals surface area contributed by atoms with E-state index in [0.717, 1.165) is 5.56 Å². The van der Waals surface area contributed by atoms with Crippen molar-refractivity contribution in [3.05, 3.63) is 94.5 Å². The molecule has 0 saturated heterocycles. The van der Waals surface area contributed by atoms with Crippen molar-refractivity contribution < 1.29 is 9.18 Å². The second kappa shape index (κ2) is 8.91. The van der Waals surface area contributed by atoms with E-state index in [0.29, 0.717) is 30.9 Å². The van der Waals surface area contributed by atoms with Crippen molar-refractivity contribution in [2.75, 3.05) is 0 Å². The number of carbonyl (C=O) groups is 1. The van der Waals surface area contributed by atoms with Crippen LogP contribution in [0.1, 0.15) is 24.7 Å². The highest BCUT2D eigenvalue weighted by atomic mass is 19.1. The van der Waals surface area contributed by atoms with Crippen LogP contribution in [0.25, 0.3) is 11.3 Å². The van der Waals surface area contributed by atoms with Gasteiger partial charge in [0.2, 0.25) is 11.6 Å². The van der Waals surface area contributed by atoms with Crippen LogP contribution < -0.4 is 10.9 Å². The fraction of sp³-hybridized carbons (Fsp3) is 0.217. The molecule has 0 aliphatic heterocycles. The van der Waals surface area contributed by atoms with Gasteiger partial charge in [0, 0.05) is 31.8 Å². The van der Waals surface area contributed by atoms with E-state index in [9.17, 15) is 14.0 Å². The van der Waals surface area contributed by atoms with Gasteiger partial charge in [0.15, 0.2) is 0 Å². The summed E-state index contributed by atoms with van der Waals surface area (Å²) >= 11 is 0. The lowest BCUT2D eigenvalue weighted by atomic mass is 10.0. The standard InChI is InChI=1S/C23H22FN5O2/c1-16(13-21(30)25-15-17-6-3-2-4-7-17)12-20-26-27-22-23(31)28(10-11-29(20)22)19-9-5-8-18(24)14-19/h2-11,14,16H,12-13,15H2,1H3,(H,25,30). The molecule has 0 saturated carbocycles. The summed E-state index contributed by atoms with van der Waals surface area (Å²) in [5.74, 6) is 0.139. The molecule has 0 fully saturated rings. The van der Waals surface area contributed by atoms with Gasteiger partial charge < -0.3 is 5.32 Å². The van der Waals surface area contributed by atoms with Gasteiger partial charge in [0.25, 0.3) is 0 Å². The molecule has 0 spiro atoms. The number of amides is 1. The summed E-state index contributed by atoms with van der Waals surface area (Å²) in [4.78, 5) is 25.1. The van der Waals surface area contributed by atoms with Gasteiger partial charge in [-0.1, -0.05) is 43.3 Å². The number of halogens is 1. The summed E-state index contributed by atoms with van der Waals surface area (Å²) in [6.07, 6.45) is 4.07. The molecule has 2 heterocycles. The highest BCUT2D eigenvalue weighted by molar-refractivity contribution is 5.76. The molecule has 158 valence electrons. The van der Waals surface area contributed by atoms with Crippen LogP contribution in [0.15, 0.2) is 71.8 Å². The third kappa shape index (κ3) is 4.69. The lowest BCUT2D eigenvalue weighted by molar-refractivity contribution is -0.122. The van der Waals surface area contributed by atoms with Gasteiger partial charge in [0.1, 0.15) is 11.6 Å². The van der Waals surface area contributed by atoms with Crippen molar-refractivity contribution in [2.45, 2.75) is 26.3 Å². The second-order valence-electron chi connectivity index (χ2n) is 7.54. The zero-order valence-corrected chi connectivity index (χ0v) is 17.0. The number of nitrogens with zero attached hydrogens (tertiary/aromatic N) is 4. The molecule has 0 aliphatic rings. The van der Waals surface area contributed by atoms with Crippen LogP contribution in [0.5, 0.6) is 0 Å². The topological polar surface area (TPSA) is 81.3 Å². The SMILES string of the molecule is CC(CC(=O)NCc1ccccc1)Cc1nnc2c(=O)n(-c3cccc(F)c3)ccn12. The number of nitrogens with one attached hydrogen (secondary N) is 1. The maximum atomic E-state index is 13.5. The minimum Gasteiger partial charge on any atom is -0.352 e. The van der Waals surface area contributed by atoms with Crippen LogP contribution >= 0.6 is 0 Å². The fourth-order valence-electron chi connectivity index (χ4n) is 3.47. The fourth-order valence-corrected chi connectivity index (χ4v) is 3.47. The number of hydrogen-bond acceptors (Lipinski definition) is 4. The first-order valence-electron chi connectivity index (χ1n) is 10.0. The number of benzene rings is 2. The average molecular weight is 419 g/mol. The van der Waals surface area contributed by atoms with Crippen molar-refractivity contribution in [2.24, 2.45) is 5.92 Å². The van der Waals surface area contributed by atoms with Gasteiger partial charge in [-0.25, -0.2) is 4.39 Å². The summed E-state index contributed by atoms with van der Waals surface area (Å²) in [6, 6.07) is 15.5. The second-order valence-corrected chi connectivity index (χ2v) is 7.54. The molecule has 1 unspecified atom stereocenters. The first-order chi connectivity index (χ1) is 15.0. The van der Waals surface area contributed by atoms with E-state index in [1.807, 2.05) is 37.3 Å². The Kier molecular flexibility index (Phi) is 5.88. The van der Waals surface area contributed by atoms with Crippen molar-refractivity contribution in [3.63, 3.8) is 0 Å². The van der Waals surface area contributed by atoms with E-state index in [1.165, 1.54) is 16.7 Å². The van der Waals surface area contributed by atoms with Crippen LogP contribution in [0.3, 0.4) is 0 Å². The summed E-state index contributed by atoms with van der Waals surface area (Å²) in [5.41, 5.74) is 1.23. The van der Waals surface area contributed by atoms with Gasteiger partial charge >= 0.3 is 5.56 Å². The van der Waals surface area contributed by atoms with E-state index < -0.39 is 5.82 Å². The molecular formula is C23H22FN5O2. The zero-order valence-electron chi connectivity index (χ0n) is 17.0. The van der Waals surface area contributed by atoms with Crippen LogP contribution in [-0.2, 0) is 17.8 Å². The number of fused-ring (bicyclic) bond motifs is 1. The molecular weight excluding hydrogens is 397 g/mol. The number of rotatable bonds is 7. The van der Waals surface area contributed by atoms with Gasteiger partial charge in [0.05, 0.1) is 5.69 Å². The lowest BCUT2D eigenvalue weighted by Crippen LogP contribution is -2.25. The number of hydrogen-bond donors (Lipinski definition) is 1. The Morgan fingerprint density at radius 3 is 2.68 bits per heavy atom. The normalized spacial score (nSPS) is 12.1. The summed E-state index contributed by atoms with van der Waals surface area (Å²) in [7, 11) is 0. The molecule has 31 heavy (non-hydrogen) atoms. The summed E-state index contributed by atoms with van der Waals surface area (Å²) in [5, 5.41) is 11.1. The Hall–Kier alpha value is -3.81. The van der Waals surface area contributed by atoms with Crippen LogP contribution in [0, 0.1) is 11.7 Å². The van der Waals surface area contributed by atoms with Crippen molar-refractivity contribution in [1.29, 1.82) is 0 Å². The van der Waals surface area contributed by atoms with Crippen LogP contribution in [0.4, 0.5) is 4.39 Å². The third-order valence-electron chi connectivity index (χ3n) is 5.03. The van der Waals surface area contributed by atoms with E-state index in [2.05, 4.69) is 15.5 Å². The molecule has 1 N–H and O–H groups in total. The Morgan fingerprint density at radius 2 is 1.90 bits per heavy atom. The molecule has 4 aromatic rings. The Bertz CT molecular complexity index is 1270. The molecule has 2 aromatic carbocycles. The molecule has 7 nitrogen and oxygen atoms in total. The maximum absolute atomic E-state index is 13.5.